The maximum Gasteiger partial charge on any atom is 0.195 e. The van der Waals surface area contributed by atoms with Gasteiger partial charge in [-0.1, -0.05) is 32.0 Å². The van der Waals surface area contributed by atoms with Crippen LogP contribution >= 0.6 is 0 Å². The maximum absolute atomic E-state index is 13.4. The molecule has 37 heavy (non-hydrogen) atoms. The van der Waals surface area contributed by atoms with Crippen molar-refractivity contribution in [3.63, 3.8) is 0 Å². The number of fused-ring (bicyclic) bond motifs is 9. The minimum atomic E-state index is -1.54. The van der Waals surface area contributed by atoms with Crippen LogP contribution in [-0.2, 0) is 30.8 Å². The molecule has 3 aliphatic carbocycles. The topological polar surface area (TPSA) is 101 Å². The molecule has 3 heterocycles. The van der Waals surface area contributed by atoms with Gasteiger partial charge in [0.1, 0.15) is 11.2 Å². The molecule has 2 aliphatic heterocycles. The number of H-pyrrole nitrogens is 1. The molecule has 198 valence electrons. The van der Waals surface area contributed by atoms with E-state index in [2.05, 4.69) is 37.0 Å². The molecule has 8 atom stereocenters. The molecule has 7 heteroatoms. The molecule has 2 unspecified atom stereocenters. The lowest BCUT2D eigenvalue weighted by atomic mass is 9.41. The van der Waals surface area contributed by atoms with Crippen molar-refractivity contribution in [3.05, 3.63) is 47.2 Å². The van der Waals surface area contributed by atoms with Gasteiger partial charge in [0.05, 0.1) is 18.8 Å². The molecule has 1 aromatic heterocycles. The first-order valence-corrected chi connectivity index (χ1v) is 13.6. The minimum absolute atomic E-state index is 0.102. The smallest absolute Gasteiger partial charge is 0.195 e. The Morgan fingerprint density at radius 3 is 2.70 bits per heavy atom. The van der Waals surface area contributed by atoms with E-state index in [1.807, 2.05) is 19.9 Å². The molecule has 0 amide bonds. The molecule has 1 spiro atoms. The van der Waals surface area contributed by atoms with Gasteiger partial charge >= 0.3 is 0 Å². The Kier molecular flexibility index (Phi) is 4.63. The van der Waals surface area contributed by atoms with Gasteiger partial charge in [-0.05, 0) is 63.7 Å². The van der Waals surface area contributed by atoms with Crippen LogP contribution in [0.1, 0.15) is 65.1 Å². The van der Waals surface area contributed by atoms with Crippen molar-refractivity contribution in [2.24, 2.45) is 11.3 Å². The van der Waals surface area contributed by atoms with Crippen molar-refractivity contribution in [2.75, 3.05) is 6.61 Å². The summed E-state index contributed by atoms with van der Waals surface area (Å²) in [6.45, 7) is 9.98. The number of carbonyl (C=O) groups excluding carboxylic acids is 1. The Morgan fingerprint density at radius 2 is 1.95 bits per heavy atom. The molecule has 2 aromatic rings. The molecule has 1 aromatic carbocycles. The predicted molar refractivity (Wildman–Crippen MR) is 137 cm³/mol. The van der Waals surface area contributed by atoms with E-state index in [0.29, 0.717) is 24.8 Å². The zero-order valence-corrected chi connectivity index (χ0v) is 22.3. The normalized spacial score (nSPS) is 44.1. The van der Waals surface area contributed by atoms with Crippen LogP contribution in [0, 0.1) is 11.3 Å². The number of para-hydroxylation sites is 1. The fraction of sp³-hybridized carbons (Fsp3) is 0.633. The largest absolute Gasteiger partial charge is 0.391 e. The molecule has 7 nitrogen and oxygen atoms in total. The second kappa shape index (κ2) is 7.13. The van der Waals surface area contributed by atoms with Crippen LogP contribution in [-0.4, -0.2) is 62.9 Å². The van der Waals surface area contributed by atoms with E-state index in [0.717, 1.165) is 11.9 Å². The Labute approximate surface area is 217 Å². The van der Waals surface area contributed by atoms with E-state index in [4.69, 9.17) is 14.2 Å². The van der Waals surface area contributed by atoms with Gasteiger partial charge in [0.2, 0.25) is 0 Å². The summed E-state index contributed by atoms with van der Waals surface area (Å²) in [5.41, 5.74) is 0.655. The van der Waals surface area contributed by atoms with E-state index in [-0.39, 0.29) is 18.3 Å². The molecule has 0 radical (unpaired) electrons. The molecular formula is C30H37NO6. The number of hydrogen-bond donors (Lipinski definition) is 3. The Balaban J connectivity index is 1.44. The summed E-state index contributed by atoms with van der Waals surface area (Å²) in [4.78, 5) is 17.1. The number of rotatable bonds is 3. The third kappa shape index (κ3) is 2.67. The van der Waals surface area contributed by atoms with Crippen LogP contribution in [0.15, 0.2) is 35.9 Å². The quantitative estimate of drug-likeness (QED) is 0.586. The summed E-state index contributed by atoms with van der Waals surface area (Å²) in [5.74, 6) is -1.11. The number of ketones is 1. The Bertz CT molecular complexity index is 1360. The van der Waals surface area contributed by atoms with Gasteiger partial charge in [0.25, 0.3) is 0 Å². The third-order valence-electron chi connectivity index (χ3n) is 10.8. The number of carbonyl (C=O) groups is 1. The summed E-state index contributed by atoms with van der Waals surface area (Å²) in [6, 6.07) is 8.39. The highest BCUT2D eigenvalue weighted by Gasteiger charge is 2.78. The van der Waals surface area contributed by atoms with Crippen molar-refractivity contribution in [1.29, 1.82) is 0 Å². The van der Waals surface area contributed by atoms with E-state index in [1.165, 1.54) is 16.6 Å². The highest BCUT2D eigenvalue weighted by molar-refractivity contribution is 5.97. The van der Waals surface area contributed by atoms with Crippen molar-refractivity contribution >= 4 is 16.7 Å². The van der Waals surface area contributed by atoms with E-state index < -0.39 is 46.1 Å². The minimum Gasteiger partial charge on any atom is -0.391 e. The molecule has 2 saturated carbocycles. The lowest BCUT2D eigenvalue weighted by molar-refractivity contribution is -0.282. The lowest BCUT2D eigenvalue weighted by Crippen LogP contribution is -2.74. The number of aliphatic hydroxyl groups excluding tert-OH is 1. The number of aromatic nitrogens is 1. The molecular weight excluding hydrogens is 470 g/mol. The summed E-state index contributed by atoms with van der Waals surface area (Å²) in [7, 11) is 0. The van der Waals surface area contributed by atoms with Gasteiger partial charge < -0.3 is 29.4 Å². The van der Waals surface area contributed by atoms with Crippen LogP contribution in [0.4, 0.5) is 0 Å². The monoisotopic (exact) mass is 507 g/mol. The van der Waals surface area contributed by atoms with Crippen LogP contribution in [0.5, 0.6) is 0 Å². The molecule has 5 aliphatic rings. The highest BCUT2D eigenvalue weighted by atomic mass is 16.8. The molecule has 3 N–H and O–H groups in total. The van der Waals surface area contributed by atoms with E-state index >= 15 is 0 Å². The Hall–Kier alpha value is -2.03. The average molecular weight is 508 g/mol. The summed E-state index contributed by atoms with van der Waals surface area (Å²) in [6.07, 6.45) is 2.28. The van der Waals surface area contributed by atoms with Crippen LogP contribution in [0.2, 0.25) is 0 Å². The SMILES string of the molecule is CC(O)CO[C@H]1C[C@H]2Cc3c([nH]c4ccccc34)[C@]2(C)[C@@]2(C)CCC34O[C@@H](C(=O)C=C3[C@]12O)C(C)(C)O4. The van der Waals surface area contributed by atoms with Crippen molar-refractivity contribution < 1.29 is 29.2 Å². The maximum atomic E-state index is 13.4. The fourth-order valence-corrected chi connectivity index (χ4v) is 8.84. The van der Waals surface area contributed by atoms with Crippen molar-refractivity contribution in [3.8, 4) is 0 Å². The van der Waals surface area contributed by atoms with Gasteiger partial charge in [0.15, 0.2) is 17.7 Å². The van der Waals surface area contributed by atoms with E-state index in [1.54, 1.807) is 13.0 Å². The first kappa shape index (κ1) is 24.0. The summed E-state index contributed by atoms with van der Waals surface area (Å²) in [5, 5.41) is 24.5. The zero-order valence-electron chi connectivity index (χ0n) is 22.3. The third-order valence-corrected chi connectivity index (χ3v) is 10.8. The number of aromatic amines is 1. The summed E-state index contributed by atoms with van der Waals surface area (Å²) < 4.78 is 19.3. The lowest BCUT2D eigenvalue weighted by Gasteiger charge is -2.67. The Morgan fingerprint density at radius 1 is 1.19 bits per heavy atom. The van der Waals surface area contributed by atoms with Crippen LogP contribution < -0.4 is 0 Å². The average Bonchev–Trinajstić information content (AvgIpc) is 3.42. The second-order valence-electron chi connectivity index (χ2n) is 13.0. The highest BCUT2D eigenvalue weighted by Crippen LogP contribution is 2.72. The second-order valence-corrected chi connectivity index (χ2v) is 13.0. The molecule has 3 fully saturated rings. The van der Waals surface area contributed by atoms with Gasteiger partial charge in [0, 0.05) is 39.4 Å². The van der Waals surface area contributed by atoms with Crippen molar-refractivity contribution in [1.82, 2.24) is 4.98 Å². The van der Waals surface area contributed by atoms with Crippen molar-refractivity contribution in [2.45, 2.75) is 101 Å². The predicted octanol–water partition coefficient (Wildman–Crippen LogP) is 3.70. The number of benzene rings is 1. The molecule has 2 bridgehead atoms. The first-order chi connectivity index (χ1) is 17.4. The summed E-state index contributed by atoms with van der Waals surface area (Å²) >= 11 is 0. The van der Waals surface area contributed by atoms with E-state index in [9.17, 15) is 15.0 Å². The van der Waals surface area contributed by atoms with Gasteiger partial charge in [-0.15, -0.1) is 0 Å². The molecule has 7 rings (SSSR count). The van der Waals surface area contributed by atoms with Gasteiger partial charge in [-0.3, -0.25) is 4.79 Å². The van der Waals surface area contributed by atoms with Crippen LogP contribution in [0.3, 0.4) is 0 Å². The zero-order chi connectivity index (χ0) is 26.2. The number of aliphatic hydroxyl groups is 2. The van der Waals surface area contributed by atoms with Crippen LogP contribution in [0.25, 0.3) is 10.9 Å². The van der Waals surface area contributed by atoms with Gasteiger partial charge in [-0.25, -0.2) is 0 Å². The number of ether oxygens (including phenoxy) is 3. The number of hydrogen-bond acceptors (Lipinski definition) is 6. The standard InChI is InChI=1S/C30H37NO6/c1-16(32)15-35-23-13-17-12-19-18-8-6-7-9-20(18)31-24(19)28(17,5)27(4)10-11-29-22(30(23,27)34)14-21(33)25(36-29)26(2,3)37-29/h6-9,14,16-17,23,25,31-32,34H,10-13,15H2,1-5H3/t16?,17-,23+,25+,27-,28-,29?,30+/m1/s1. The number of nitrogens with one attached hydrogen (secondary N) is 1. The first-order valence-electron chi connectivity index (χ1n) is 13.6. The fourth-order valence-electron chi connectivity index (χ4n) is 8.84. The van der Waals surface area contributed by atoms with Gasteiger partial charge in [-0.2, -0.15) is 0 Å². The molecule has 1 saturated heterocycles.